The third-order valence-electron chi connectivity index (χ3n) is 2.31. The van der Waals surface area contributed by atoms with Gasteiger partial charge in [0.1, 0.15) is 0 Å². The number of fused-ring (bicyclic) bond motifs is 1. The molecule has 1 aliphatic rings. The molecule has 0 amide bonds. The summed E-state index contributed by atoms with van der Waals surface area (Å²) in [6, 6.07) is 4.04. The highest BCUT2D eigenvalue weighted by Gasteiger charge is 2.19. The van der Waals surface area contributed by atoms with E-state index in [2.05, 4.69) is 22.6 Å². The van der Waals surface area contributed by atoms with Gasteiger partial charge in [-0.2, -0.15) is 0 Å². The summed E-state index contributed by atoms with van der Waals surface area (Å²) in [5.74, 6) is 0. The molecule has 0 unspecified atom stereocenters. The fraction of sp³-hybridized carbons (Fsp3) is 0.167. The molecule has 0 atom stereocenters. The number of rotatable bonds is 2. The van der Waals surface area contributed by atoms with Crippen LogP contribution in [-0.2, 0) is 6.42 Å². The molecule has 2 rings (SSSR count). The van der Waals surface area contributed by atoms with E-state index >= 15 is 0 Å². The second kappa shape index (κ2) is 3.58. The SMILES string of the molecule is C=CC1=C(/N=C\C)c2ncccc2C1. The summed E-state index contributed by atoms with van der Waals surface area (Å²) in [7, 11) is 0. The Bertz CT molecular complexity index is 428. The van der Waals surface area contributed by atoms with Crippen LogP contribution in [0.3, 0.4) is 0 Å². The average molecular weight is 184 g/mol. The van der Waals surface area contributed by atoms with Crippen molar-refractivity contribution in [3.8, 4) is 0 Å². The third kappa shape index (κ3) is 1.29. The third-order valence-corrected chi connectivity index (χ3v) is 2.31. The van der Waals surface area contributed by atoms with Gasteiger partial charge in [0.25, 0.3) is 0 Å². The Morgan fingerprint density at radius 1 is 1.57 bits per heavy atom. The maximum absolute atomic E-state index is 4.34. The standard InChI is InChI=1S/C12H12N2/c1-3-9-8-10-6-5-7-14-12(10)11(9)13-4-2/h3-7H,1,8H2,2H3/b13-4-. The van der Waals surface area contributed by atoms with Crippen LogP contribution in [0.25, 0.3) is 5.70 Å². The molecular formula is C12H12N2. The van der Waals surface area contributed by atoms with Crippen LogP contribution in [0.4, 0.5) is 0 Å². The molecule has 0 saturated heterocycles. The smallest absolute Gasteiger partial charge is 0.0924 e. The Morgan fingerprint density at radius 2 is 2.43 bits per heavy atom. The predicted octanol–water partition coefficient (Wildman–Crippen LogP) is 2.63. The largest absolute Gasteiger partial charge is 0.259 e. The Hall–Kier alpha value is -1.70. The summed E-state index contributed by atoms with van der Waals surface area (Å²) in [6.07, 6.45) is 6.36. The normalized spacial score (nSPS) is 14.9. The molecule has 0 bridgehead atoms. The molecule has 1 aromatic rings. The molecule has 0 radical (unpaired) electrons. The van der Waals surface area contributed by atoms with Gasteiger partial charge in [0.05, 0.1) is 11.4 Å². The summed E-state index contributed by atoms with van der Waals surface area (Å²) in [5.41, 5.74) is 4.37. The van der Waals surface area contributed by atoms with E-state index in [0.29, 0.717) is 0 Å². The van der Waals surface area contributed by atoms with Crippen LogP contribution in [-0.4, -0.2) is 11.2 Å². The molecule has 1 heterocycles. The minimum Gasteiger partial charge on any atom is -0.259 e. The monoisotopic (exact) mass is 184 g/mol. The van der Waals surface area contributed by atoms with Gasteiger partial charge in [-0.25, -0.2) is 0 Å². The maximum atomic E-state index is 4.34. The van der Waals surface area contributed by atoms with E-state index < -0.39 is 0 Å². The second-order valence-electron chi connectivity index (χ2n) is 3.15. The number of aromatic nitrogens is 1. The first-order chi connectivity index (χ1) is 6.86. The van der Waals surface area contributed by atoms with Crippen molar-refractivity contribution in [3.63, 3.8) is 0 Å². The first-order valence-electron chi connectivity index (χ1n) is 4.65. The fourth-order valence-electron chi connectivity index (χ4n) is 1.68. The molecule has 2 nitrogen and oxygen atoms in total. The van der Waals surface area contributed by atoms with Crippen molar-refractivity contribution in [2.75, 3.05) is 0 Å². The number of hydrogen-bond donors (Lipinski definition) is 0. The van der Waals surface area contributed by atoms with Gasteiger partial charge in [-0.3, -0.25) is 9.98 Å². The summed E-state index contributed by atoms with van der Waals surface area (Å²) in [6.45, 7) is 5.71. The first kappa shape index (κ1) is 8.88. The van der Waals surface area contributed by atoms with E-state index in [-0.39, 0.29) is 0 Å². The van der Waals surface area contributed by atoms with Crippen LogP contribution in [0.15, 0.2) is 41.6 Å². The fourth-order valence-corrected chi connectivity index (χ4v) is 1.68. The van der Waals surface area contributed by atoms with Crippen LogP contribution in [0.5, 0.6) is 0 Å². The lowest BCUT2D eigenvalue weighted by molar-refractivity contribution is 1.18. The zero-order valence-electron chi connectivity index (χ0n) is 8.20. The van der Waals surface area contributed by atoms with Crippen molar-refractivity contribution in [2.45, 2.75) is 13.3 Å². The molecule has 0 aliphatic heterocycles. The van der Waals surface area contributed by atoms with E-state index in [9.17, 15) is 0 Å². The molecule has 70 valence electrons. The van der Waals surface area contributed by atoms with Gasteiger partial charge in [0, 0.05) is 18.8 Å². The zero-order valence-corrected chi connectivity index (χ0v) is 8.20. The molecule has 2 heteroatoms. The van der Waals surface area contributed by atoms with Gasteiger partial charge in [-0.05, 0) is 24.1 Å². The van der Waals surface area contributed by atoms with Crippen molar-refractivity contribution < 1.29 is 0 Å². The van der Waals surface area contributed by atoms with Crippen LogP contribution in [0.1, 0.15) is 18.2 Å². The Morgan fingerprint density at radius 3 is 3.14 bits per heavy atom. The van der Waals surface area contributed by atoms with Crippen molar-refractivity contribution in [1.29, 1.82) is 0 Å². The minimum atomic E-state index is 0.902. The lowest BCUT2D eigenvalue weighted by Crippen LogP contribution is -1.86. The van der Waals surface area contributed by atoms with E-state index in [1.165, 1.54) is 5.56 Å². The van der Waals surface area contributed by atoms with Crippen LogP contribution in [0.2, 0.25) is 0 Å². The van der Waals surface area contributed by atoms with Crippen molar-refractivity contribution in [1.82, 2.24) is 4.98 Å². The van der Waals surface area contributed by atoms with Gasteiger partial charge < -0.3 is 0 Å². The predicted molar refractivity (Wildman–Crippen MR) is 59.2 cm³/mol. The molecule has 0 saturated carbocycles. The lowest BCUT2D eigenvalue weighted by Gasteiger charge is -1.97. The molecule has 1 aliphatic carbocycles. The summed E-state index contributed by atoms with van der Waals surface area (Å²) in [4.78, 5) is 8.68. The van der Waals surface area contributed by atoms with Crippen LogP contribution >= 0.6 is 0 Å². The van der Waals surface area contributed by atoms with Crippen LogP contribution in [0, 0.1) is 0 Å². The summed E-state index contributed by atoms with van der Waals surface area (Å²) in [5, 5.41) is 0. The minimum absolute atomic E-state index is 0.902. The van der Waals surface area contributed by atoms with Crippen molar-refractivity contribution >= 4 is 11.9 Å². The highest BCUT2D eigenvalue weighted by atomic mass is 14.8. The van der Waals surface area contributed by atoms with Gasteiger partial charge >= 0.3 is 0 Å². The topological polar surface area (TPSA) is 25.2 Å². The molecule has 0 spiro atoms. The second-order valence-corrected chi connectivity index (χ2v) is 3.15. The van der Waals surface area contributed by atoms with Gasteiger partial charge in [-0.15, -0.1) is 0 Å². The lowest BCUT2D eigenvalue weighted by atomic mass is 10.2. The summed E-state index contributed by atoms with van der Waals surface area (Å²) < 4.78 is 0. The maximum Gasteiger partial charge on any atom is 0.0924 e. The number of aliphatic imine (C=N–C) groups is 1. The van der Waals surface area contributed by atoms with E-state index in [4.69, 9.17) is 0 Å². The number of hydrogen-bond acceptors (Lipinski definition) is 2. The van der Waals surface area contributed by atoms with Gasteiger partial charge in [-0.1, -0.05) is 18.7 Å². The highest BCUT2D eigenvalue weighted by molar-refractivity contribution is 5.79. The summed E-state index contributed by atoms with van der Waals surface area (Å²) >= 11 is 0. The average Bonchev–Trinajstić information content (AvgIpc) is 2.58. The number of allylic oxidation sites excluding steroid dienone is 2. The quantitative estimate of drug-likeness (QED) is 0.648. The first-order valence-corrected chi connectivity index (χ1v) is 4.65. The molecule has 0 aromatic carbocycles. The van der Waals surface area contributed by atoms with Gasteiger partial charge in [0.15, 0.2) is 0 Å². The molecular weight excluding hydrogens is 172 g/mol. The molecule has 1 aromatic heterocycles. The molecule has 0 N–H and O–H groups in total. The van der Waals surface area contributed by atoms with Crippen LogP contribution < -0.4 is 0 Å². The molecule has 14 heavy (non-hydrogen) atoms. The zero-order chi connectivity index (χ0) is 9.97. The van der Waals surface area contributed by atoms with Crippen molar-refractivity contribution in [2.24, 2.45) is 4.99 Å². The number of nitrogens with zero attached hydrogens (tertiary/aromatic N) is 2. The van der Waals surface area contributed by atoms with E-state index in [1.54, 1.807) is 12.4 Å². The molecule has 0 fully saturated rings. The Balaban J connectivity index is 2.56. The van der Waals surface area contributed by atoms with E-state index in [1.807, 2.05) is 19.1 Å². The Kier molecular flexibility index (Phi) is 2.27. The van der Waals surface area contributed by atoms with E-state index in [0.717, 1.165) is 23.4 Å². The van der Waals surface area contributed by atoms with Crippen molar-refractivity contribution in [3.05, 3.63) is 47.8 Å². The highest BCUT2D eigenvalue weighted by Crippen LogP contribution is 2.31. The van der Waals surface area contributed by atoms with Gasteiger partial charge in [0.2, 0.25) is 0 Å². The number of pyridine rings is 1. The Labute approximate surface area is 83.7 Å².